The first-order chi connectivity index (χ1) is 13.8. The van der Waals surface area contributed by atoms with Crippen LogP contribution in [0, 0.1) is 0 Å². The molecule has 146 valence electrons. The van der Waals surface area contributed by atoms with Crippen molar-refractivity contribution in [1.82, 2.24) is 19.9 Å². The predicted octanol–water partition coefficient (Wildman–Crippen LogP) is 3.00. The second-order valence-electron chi connectivity index (χ2n) is 8.13. The maximum absolute atomic E-state index is 4.85. The molecule has 5 rings (SSSR count). The van der Waals surface area contributed by atoms with Gasteiger partial charge in [0.05, 0.1) is 11.4 Å². The number of aliphatic imine (C=N–C) groups is 1. The molecule has 0 atom stereocenters. The summed E-state index contributed by atoms with van der Waals surface area (Å²) in [6, 6.07) is 4.41. The van der Waals surface area contributed by atoms with Gasteiger partial charge in [0.1, 0.15) is 5.82 Å². The summed E-state index contributed by atoms with van der Waals surface area (Å²) in [7, 11) is 0. The molecule has 0 bridgehead atoms. The Morgan fingerprint density at radius 1 is 0.893 bits per heavy atom. The Balaban J connectivity index is 1.24. The fourth-order valence-corrected chi connectivity index (χ4v) is 4.43. The van der Waals surface area contributed by atoms with E-state index in [1.807, 2.05) is 12.4 Å². The monoisotopic (exact) mass is 376 g/mol. The number of hydrogen-bond donors (Lipinski definition) is 0. The zero-order chi connectivity index (χ0) is 18.8. The maximum Gasteiger partial charge on any atom is 0.173 e. The van der Waals surface area contributed by atoms with Crippen molar-refractivity contribution in [3.8, 4) is 0 Å². The molecule has 28 heavy (non-hydrogen) atoms. The lowest BCUT2D eigenvalue weighted by atomic mass is 10.0. The van der Waals surface area contributed by atoms with Crippen LogP contribution in [0.25, 0.3) is 0 Å². The van der Waals surface area contributed by atoms with Crippen LogP contribution < -0.4 is 4.90 Å². The summed E-state index contributed by atoms with van der Waals surface area (Å²) in [4.78, 5) is 23.6. The third-order valence-corrected chi connectivity index (χ3v) is 6.04. The summed E-state index contributed by atoms with van der Waals surface area (Å²) in [5, 5.41) is 0. The van der Waals surface area contributed by atoms with Crippen LogP contribution in [0.3, 0.4) is 0 Å². The molecule has 6 heteroatoms. The third-order valence-electron chi connectivity index (χ3n) is 6.04. The number of rotatable bonds is 4. The summed E-state index contributed by atoms with van der Waals surface area (Å²) in [5.74, 6) is 1.98. The van der Waals surface area contributed by atoms with Gasteiger partial charge < -0.3 is 4.90 Å². The quantitative estimate of drug-likeness (QED) is 0.821. The van der Waals surface area contributed by atoms with E-state index in [-0.39, 0.29) is 0 Å². The van der Waals surface area contributed by atoms with E-state index in [4.69, 9.17) is 9.97 Å². The van der Waals surface area contributed by atoms with Crippen LogP contribution >= 0.6 is 0 Å². The normalized spacial score (nSPS) is 20.1. The summed E-state index contributed by atoms with van der Waals surface area (Å²) in [5.41, 5.74) is 4.84. The number of hydrogen-bond acceptors (Lipinski definition) is 6. The van der Waals surface area contributed by atoms with Crippen molar-refractivity contribution in [3.05, 3.63) is 47.2 Å². The zero-order valence-corrected chi connectivity index (χ0v) is 16.5. The summed E-state index contributed by atoms with van der Waals surface area (Å²) in [6.45, 7) is 6.09. The number of pyridine rings is 1. The average Bonchev–Trinajstić information content (AvgIpc) is 3.29. The molecule has 0 radical (unpaired) electrons. The van der Waals surface area contributed by atoms with Crippen molar-refractivity contribution in [2.24, 2.45) is 4.99 Å². The van der Waals surface area contributed by atoms with Gasteiger partial charge in [0.15, 0.2) is 5.82 Å². The zero-order valence-electron chi connectivity index (χ0n) is 16.5. The Labute approximate surface area is 166 Å². The van der Waals surface area contributed by atoms with Gasteiger partial charge in [-0.1, -0.05) is 6.07 Å². The van der Waals surface area contributed by atoms with Crippen LogP contribution in [-0.2, 0) is 19.5 Å². The number of nitrogens with zero attached hydrogens (tertiary/aromatic N) is 6. The first-order valence-corrected chi connectivity index (χ1v) is 10.7. The molecule has 2 aromatic heterocycles. The highest BCUT2D eigenvalue weighted by Gasteiger charge is 2.21. The van der Waals surface area contributed by atoms with Crippen LogP contribution in [0.4, 0.5) is 5.82 Å². The van der Waals surface area contributed by atoms with Gasteiger partial charge in [0.2, 0.25) is 0 Å². The van der Waals surface area contributed by atoms with Gasteiger partial charge in [0, 0.05) is 63.6 Å². The molecule has 3 aliphatic heterocycles. The van der Waals surface area contributed by atoms with Gasteiger partial charge in [-0.15, -0.1) is 0 Å². The van der Waals surface area contributed by atoms with E-state index < -0.39 is 0 Å². The van der Waals surface area contributed by atoms with E-state index in [1.54, 1.807) is 0 Å². The van der Waals surface area contributed by atoms with Crippen LogP contribution in [0.2, 0.25) is 0 Å². The summed E-state index contributed by atoms with van der Waals surface area (Å²) < 4.78 is 0. The van der Waals surface area contributed by atoms with Crippen molar-refractivity contribution < 1.29 is 0 Å². The number of aromatic nitrogens is 3. The van der Waals surface area contributed by atoms with E-state index >= 15 is 0 Å². The second kappa shape index (κ2) is 7.95. The van der Waals surface area contributed by atoms with Gasteiger partial charge in [-0.05, 0) is 43.7 Å². The van der Waals surface area contributed by atoms with Crippen molar-refractivity contribution >= 4 is 11.5 Å². The smallest absolute Gasteiger partial charge is 0.173 e. The van der Waals surface area contributed by atoms with Gasteiger partial charge in [-0.2, -0.15) is 0 Å². The fraction of sp³-hybridized carbons (Fsp3) is 0.545. The van der Waals surface area contributed by atoms with Crippen LogP contribution in [0.5, 0.6) is 0 Å². The largest absolute Gasteiger partial charge is 0.357 e. The molecule has 1 saturated heterocycles. The topological polar surface area (TPSA) is 57.5 Å². The Hall–Kier alpha value is -2.34. The minimum atomic E-state index is 0.855. The van der Waals surface area contributed by atoms with Crippen molar-refractivity contribution in [2.45, 2.75) is 51.6 Å². The van der Waals surface area contributed by atoms with Crippen molar-refractivity contribution in [1.29, 1.82) is 0 Å². The minimum Gasteiger partial charge on any atom is -0.357 e. The first-order valence-electron chi connectivity index (χ1n) is 10.7. The lowest BCUT2D eigenvalue weighted by Crippen LogP contribution is -2.31. The summed E-state index contributed by atoms with van der Waals surface area (Å²) >= 11 is 0. The average molecular weight is 377 g/mol. The molecule has 5 heterocycles. The van der Waals surface area contributed by atoms with Crippen molar-refractivity contribution in [2.75, 3.05) is 31.1 Å². The Morgan fingerprint density at radius 2 is 1.82 bits per heavy atom. The molecule has 0 N–H and O–H groups in total. The van der Waals surface area contributed by atoms with E-state index in [0.717, 1.165) is 69.5 Å². The van der Waals surface area contributed by atoms with E-state index in [1.165, 1.54) is 42.5 Å². The van der Waals surface area contributed by atoms with Gasteiger partial charge in [0.25, 0.3) is 0 Å². The molecule has 0 amide bonds. The predicted molar refractivity (Wildman–Crippen MR) is 111 cm³/mol. The van der Waals surface area contributed by atoms with Gasteiger partial charge in [-0.3, -0.25) is 9.89 Å². The number of anilines is 1. The molecule has 3 aliphatic rings. The van der Waals surface area contributed by atoms with Gasteiger partial charge >= 0.3 is 0 Å². The van der Waals surface area contributed by atoms with E-state index in [2.05, 4.69) is 31.9 Å². The molecular formula is C22H28N6. The molecule has 0 saturated carbocycles. The highest BCUT2D eigenvalue weighted by Crippen LogP contribution is 2.21. The van der Waals surface area contributed by atoms with E-state index in [0.29, 0.717) is 0 Å². The first kappa shape index (κ1) is 17.7. The fourth-order valence-electron chi connectivity index (χ4n) is 4.43. The molecule has 0 unspecified atom stereocenters. The standard InChI is InChI=1S/C22H28N6/c1-2-9-23-20(5-1)22-25-14-18-16-27(12-8-19(18)26-22)15-17-6-7-21(24-13-17)28-10-3-4-11-28/h6-7,13-14H,1-5,8-12,15-16H2. The maximum atomic E-state index is 4.85. The molecule has 0 spiro atoms. The number of fused-ring (bicyclic) bond motifs is 1. The Bertz CT molecular complexity index is 854. The summed E-state index contributed by atoms with van der Waals surface area (Å²) in [6.07, 6.45) is 11.0. The lowest BCUT2D eigenvalue weighted by molar-refractivity contribution is 0.242. The Kier molecular flexibility index (Phi) is 5.04. The minimum absolute atomic E-state index is 0.855. The molecular weight excluding hydrogens is 348 g/mol. The van der Waals surface area contributed by atoms with Crippen molar-refractivity contribution in [3.63, 3.8) is 0 Å². The molecule has 2 aromatic rings. The highest BCUT2D eigenvalue weighted by molar-refractivity contribution is 5.97. The second-order valence-corrected chi connectivity index (χ2v) is 8.13. The molecule has 0 aliphatic carbocycles. The van der Waals surface area contributed by atoms with Crippen LogP contribution in [0.1, 0.15) is 54.7 Å². The SMILES string of the molecule is c1cc(N2CCCC2)ncc1CN1CCc2nc(C3=NCCCC3)ncc2C1. The Morgan fingerprint density at radius 3 is 2.61 bits per heavy atom. The van der Waals surface area contributed by atoms with Crippen LogP contribution in [-0.4, -0.2) is 51.7 Å². The highest BCUT2D eigenvalue weighted by atomic mass is 15.2. The molecule has 0 aromatic carbocycles. The van der Waals surface area contributed by atoms with E-state index in [9.17, 15) is 0 Å². The molecule has 6 nitrogen and oxygen atoms in total. The lowest BCUT2D eigenvalue weighted by Gasteiger charge is -2.28. The van der Waals surface area contributed by atoms with Crippen LogP contribution in [0.15, 0.2) is 29.5 Å². The van der Waals surface area contributed by atoms with Gasteiger partial charge in [-0.25, -0.2) is 15.0 Å². The molecule has 1 fully saturated rings. The third kappa shape index (κ3) is 3.78.